The summed E-state index contributed by atoms with van der Waals surface area (Å²) < 4.78 is 28.5. The first-order valence-corrected chi connectivity index (χ1v) is 7.85. The second-order valence-electron chi connectivity index (χ2n) is 5.22. The maximum atomic E-state index is 13.0. The van der Waals surface area contributed by atoms with Crippen molar-refractivity contribution in [3.05, 3.63) is 59.0 Å². The van der Waals surface area contributed by atoms with Crippen LogP contribution in [0.4, 0.5) is 10.1 Å². The molecule has 0 unspecified atom stereocenters. The van der Waals surface area contributed by atoms with Crippen LogP contribution in [0.5, 0.6) is 11.5 Å². The predicted molar refractivity (Wildman–Crippen MR) is 94.4 cm³/mol. The Morgan fingerprint density at radius 1 is 1.12 bits per heavy atom. The lowest BCUT2D eigenvalue weighted by molar-refractivity contribution is 0.101. The van der Waals surface area contributed by atoms with Gasteiger partial charge in [0, 0.05) is 23.8 Å². The van der Waals surface area contributed by atoms with E-state index in [9.17, 15) is 9.18 Å². The third-order valence-electron chi connectivity index (χ3n) is 3.59. The van der Waals surface area contributed by atoms with Gasteiger partial charge in [-0.3, -0.25) is 4.79 Å². The largest absolute Gasteiger partial charge is 0.495 e. The van der Waals surface area contributed by atoms with Gasteiger partial charge in [-0.25, -0.2) is 4.39 Å². The molecule has 1 heterocycles. The van der Waals surface area contributed by atoms with Gasteiger partial charge in [0.1, 0.15) is 17.3 Å². The van der Waals surface area contributed by atoms with Gasteiger partial charge < -0.3 is 19.3 Å². The first-order chi connectivity index (χ1) is 12.5. The summed E-state index contributed by atoms with van der Waals surface area (Å²) in [7, 11) is 2.92. The van der Waals surface area contributed by atoms with E-state index in [1.165, 1.54) is 50.6 Å². The highest BCUT2D eigenvalue weighted by Gasteiger charge is 2.17. The van der Waals surface area contributed by atoms with Gasteiger partial charge in [0.05, 0.1) is 24.9 Å². The number of carbonyl (C=O) groups is 1. The molecule has 0 atom stereocenters. The van der Waals surface area contributed by atoms with E-state index in [-0.39, 0.29) is 11.5 Å². The topological polar surface area (TPSA) is 73.6 Å². The van der Waals surface area contributed by atoms with Crippen LogP contribution in [-0.4, -0.2) is 25.3 Å². The van der Waals surface area contributed by atoms with Crippen LogP contribution < -0.4 is 14.8 Å². The number of hydrogen-bond acceptors (Lipinski definition) is 5. The Hall–Kier alpha value is -3.06. The van der Waals surface area contributed by atoms with Crippen LogP contribution in [0.15, 0.2) is 47.0 Å². The van der Waals surface area contributed by atoms with Gasteiger partial charge in [0.25, 0.3) is 5.91 Å². The van der Waals surface area contributed by atoms with Crippen molar-refractivity contribution >= 4 is 23.2 Å². The molecule has 6 nitrogen and oxygen atoms in total. The molecule has 0 saturated carbocycles. The Balaban J connectivity index is 1.84. The zero-order valence-electron chi connectivity index (χ0n) is 13.9. The van der Waals surface area contributed by atoms with Crippen molar-refractivity contribution in [1.29, 1.82) is 0 Å². The lowest BCUT2D eigenvalue weighted by atomic mass is 10.1. The lowest BCUT2D eigenvalue weighted by Crippen LogP contribution is -2.13. The molecule has 8 heteroatoms. The Bertz CT molecular complexity index is 941. The number of nitrogens with one attached hydrogen (secondary N) is 1. The molecule has 1 N–H and O–H groups in total. The SMILES string of the molecule is COc1cc(NC(=O)c2cc(-c3ccc(F)cc3)on2)c(OC)cc1Cl. The van der Waals surface area contributed by atoms with E-state index in [1.54, 1.807) is 6.07 Å². The number of benzene rings is 2. The quantitative estimate of drug-likeness (QED) is 0.714. The van der Waals surface area contributed by atoms with Crippen molar-refractivity contribution in [2.45, 2.75) is 0 Å². The third kappa shape index (κ3) is 3.62. The minimum Gasteiger partial charge on any atom is -0.495 e. The van der Waals surface area contributed by atoms with Crippen molar-refractivity contribution < 1.29 is 23.2 Å². The van der Waals surface area contributed by atoms with E-state index in [4.69, 9.17) is 25.6 Å². The monoisotopic (exact) mass is 376 g/mol. The van der Waals surface area contributed by atoms with Crippen molar-refractivity contribution in [3.63, 3.8) is 0 Å². The molecule has 0 aliphatic heterocycles. The van der Waals surface area contributed by atoms with Crippen molar-refractivity contribution in [3.8, 4) is 22.8 Å². The number of anilines is 1. The van der Waals surface area contributed by atoms with Crippen molar-refractivity contribution in [1.82, 2.24) is 5.16 Å². The summed E-state index contributed by atoms with van der Waals surface area (Å²) in [4.78, 5) is 12.4. The van der Waals surface area contributed by atoms with Crippen LogP contribution in [0.2, 0.25) is 5.02 Å². The second-order valence-corrected chi connectivity index (χ2v) is 5.63. The first-order valence-electron chi connectivity index (χ1n) is 7.47. The summed E-state index contributed by atoms with van der Waals surface area (Å²) in [5, 5.41) is 6.77. The molecule has 0 aliphatic rings. The minimum atomic E-state index is -0.509. The van der Waals surface area contributed by atoms with Gasteiger partial charge in [-0.05, 0) is 24.3 Å². The molecule has 1 aromatic heterocycles. The van der Waals surface area contributed by atoms with E-state index >= 15 is 0 Å². The molecule has 1 amide bonds. The number of halogens is 2. The molecule has 0 bridgehead atoms. The maximum Gasteiger partial charge on any atom is 0.277 e. The summed E-state index contributed by atoms with van der Waals surface area (Å²) in [5.74, 6) is 0.219. The number of hydrogen-bond donors (Lipinski definition) is 1. The van der Waals surface area contributed by atoms with Crippen molar-refractivity contribution in [2.75, 3.05) is 19.5 Å². The van der Waals surface area contributed by atoms with E-state index in [0.717, 1.165) is 0 Å². The predicted octanol–water partition coefficient (Wildman–Crippen LogP) is 4.40. The second kappa shape index (κ2) is 7.45. The molecular formula is C18H14ClFN2O4. The average Bonchev–Trinajstić information content (AvgIpc) is 3.13. The number of amides is 1. The number of ether oxygens (including phenoxy) is 2. The molecule has 3 rings (SSSR count). The Morgan fingerprint density at radius 3 is 2.46 bits per heavy atom. The van der Waals surface area contributed by atoms with Crippen LogP contribution in [0.3, 0.4) is 0 Å². The van der Waals surface area contributed by atoms with Crippen LogP contribution in [0.25, 0.3) is 11.3 Å². The molecule has 0 spiro atoms. The molecule has 3 aromatic rings. The van der Waals surface area contributed by atoms with Gasteiger partial charge in [-0.2, -0.15) is 0 Å². The average molecular weight is 377 g/mol. The Kier molecular flexibility index (Phi) is 5.09. The third-order valence-corrected chi connectivity index (χ3v) is 3.89. The summed E-state index contributed by atoms with van der Waals surface area (Å²) in [5.41, 5.74) is 1.02. The molecule has 26 heavy (non-hydrogen) atoms. The zero-order chi connectivity index (χ0) is 18.7. The molecule has 2 aromatic carbocycles. The molecular weight excluding hydrogens is 363 g/mol. The minimum absolute atomic E-state index is 0.0558. The summed E-state index contributed by atoms with van der Waals surface area (Å²) in [6.45, 7) is 0. The summed E-state index contributed by atoms with van der Waals surface area (Å²) >= 11 is 6.04. The van der Waals surface area contributed by atoms with Gasteiger partial charge >= 0.3 is 0 Å². The highest BCUT2D eigenvalue weighted by atomic mass is 35.5. The van der Waals surface area contributed by atoms with Crippen LogP contribution >= 0.6 is 11.6 Å². The van der Waals surface area contributed by atoms with Gasteiger partial charge in [0.2, 0.25) is 0 Å². The summed E-state index contributed by atoms with van der Waals surface area (Å²) in [6.07, 6.45) is 0. The highest BCUT2D eigenvalue weighted by Crippen LogP contribution is 2.36. The number of nitrogens with zero attached hydrogens (tertiary/aromatic N) is 1. The normalized spacial score (nSPS) is 10.5. The van der Waals surface area contributed by atoms with Gasteiger partial charge in [-0.1, -0.05) is 16.8 Å². The van der Waals surface area contributed by atoms with E-state index in [0.29, 0.717) is 33.5 Å². The van der Waals surface area contributed by atoms with E-state index < -0.39 is 5.91 Å². The fraction of sp³-hybridized carbons (Fsp3) is 0.111. The molecule has 0 saturated heterocycles. The lowest BCUT2D eigenvalue weighted by Gasteiger charge is -2.12. The maximum absolute atomic E-state index is 13.0. The van der Waals surface area contributed by atoms with Gasteiger partial charge in [-0.15, -0.1) is 0 Å². The number of aromatic nitrogens is 1. The fourth-order valence-electron chi connectivity index (χ4n) is 2.28. The van der Waals surface area contributed by atoms with Crippen LogP contribution in [0, 0.1) is 5.82 Å². The van der Waals surface area contributed by atoms with Crippen molar-refractivity contribution in [2.24, 2.45) is 0 Å². The van der Waals surface area contributed by atoms with E-state index in [2.05, 4.69) is 10.5 Å². The first kappa shape index (κ1) is 17.8. The van der Waals surface area contributed by atoms with Crippen LogP contribution in [0.1, 0.15) is 10.5 Å². The van der Waals surface area contributed by atoms with E-state index in [1.807, 2.05) is 0 Å². The zero-order valence-corrected chi connectivity index (χ0v) is 14.6. The number of methoxy groups -OCH3 is 2. The molecule has 0 aliphatic carbocycles. The highest BCUT2D eigenvalue weighted by molar-refractivity contribution is 6.32. The molecule has 0 radical (unpaired) electrons. The summed E-state index contributed by atoms with van der Waals surface area (Å²) in [6, 6.07) is 10.2. The number of rotatable bonds is 5. The fourth-order valence-corrected chi connectivity index (χ4v) is 2.51. The Labute approximate surface area is 153 Å². The molecule has 134 valence electrons. The van der Waals surface area contributed by atoms with Crippen LogP contribution in [-0.2, 0) is 0 Å². The Morgan fingerprint density at radius 2 is 1.81 bits per heavy atom. The molecule has 0 fully saturated rings. The smallest absolute Gasteiger partial charge is 0.277 e. The standard InChI is InChI=1S/C18H14ClFN2O4/c1-24-16-8-13(17(25-2)7-12(16)19)21-18(23)14-9-15(26-22-14)10-3-5-11(20)6-4-10/h3-9H,1-2H3,(H,21,23). The number of carbonyl (C=O) groups excluding carboxylic acids is 1. The van der Waals surface area contributed by atoms with Gasteiger partial charge in [0.15, 0.2) is 11.5 Å².